The molecule has 0 spiro atoms. The summed E-state index contributed by atoms with van der Waals surface area (Å²) in [6.45, 7) is 5.85. The molecule has 19 heavy (non-hydrogen) atoms. The number of aryl methyl sites for hydroxylation is 1. The van der Waals surface area contributed by atoms with E-state index in [0.29, 0.717) is 12.0 Å². The highest BCUT2D eigenvalue weighted by Crippen LogP contribution is 2.39. The standard InChI is InChI=1S/C14H18O4S/c1-9-7-11-12(8-10(9)13(15)18-4)19(16,17)6-5-14(11,2)3/h7-8H,5-6H2,1-4H3. The van der Waals surface area contributed by atoms with Gasteiger partial charge >= 0.3 is 5.97 Å². The molecule has 1 aromatic carbocycles. The number of carbonyl (C=O) groups is 1. The summed E-state index contributed by atoms with van der Waals surface area (Å²) in [6, 6.07) is 3.27. The zero-order valence-electron chi connectivity index (χ0n) is 11.6. The maximum atomic E-state index is 12.2. The monoisotopic (exact) mass is 282 g/mol. The number of esters is 1. The lowest BCUT2D eigenvalue weighted by atomic mass is 9.80. The van der Waals surface area contributed by atoms with Crippen molar-refractivity contribution in [3.8, 4) is 0 Å². The fourth-order valence-corrected chi connectivity index (χ4v) is 4.40. The molecule has 1 aromatic rings. The molecule has 4 nitrogen and oxygen atoms in total. The van der Waals surface area contributed by atoms with Crippen LogP contribution < -0.4 is 0 Å². The van der Waals surface area contributed by atoms with Gasteiger partial charge in [0.05, 0.1) is 23.3 Å². The molecule has 5 heteroatoms. The van der Waals surface area contributed by atoms with E-state index in [4.69, 9.17) is 4.74 Å². The van der Waals surface area contributed by atoms with Crippen molar-refractivity contribution in [3.63, 3.8) is 0 Å². The predicted molar refractivity (Wildman–Crippen MR) is 72.2 cm³/mol. The SMILES string of the molecule is COC(=O)c1cc2c(cc1C)C(C)(C)CCS2(=O)=O. The highest BCUT2D eigenvalue weighted by atomic mass is 32.2. The minimum atomic E-state index is -3.30. The second-order valence-electron chi connectivity index (χ2n) is 5.61. The summed E-state index contributed by atoms with van der Waals surface area (Å²) in [5.74, 6) is -0.379. The molecule has 104 valence electrons. The number of methoxy groups -OCH3 is 1. The smallest absolute Gasteiger partial charge is 0.338 e. The lowest BCUT2D eigenvalue weighted by Gasteiger charge is -2.32. The number of benzene rings is 1. The molecule has 0 atom stereocenters. The second-order valence-corrected chi connectivity index (χ2v) is 7.69. The van der Waals surface area contributed by atoms with E-state index in [2.05, 4.69) is 0 Å². The fraction of sp³-hybridized carbons (Fsp3) is 0.500. The van der Waals surface area contributed by atoms with Crippen LogP contribution in [0.4, 0.5) is 0 Å². The number of sulfone groups is 1. The zero-order chi connectivity index (χ0) is 14.4. The molecule has 0 amide bonds. The van der Waals surface area contributed by atoms with Crippen LogP contribution in [0.25, 0.3) is 0 Å². The van der Waals surface area contributed by atoms with Gasteiger partial charge in [-0.25, -0.2) is 13.2 Å². The van der Waals surface area contributed by atoms with Gasteiger partial charge in [0.25, 0.3) is 0 Å². The summed E-state index contributed by atoms with van der Waals surface area (Å²) in [5, 5.41) is 0. The summed E-state index contributed by atoms with van der Waals surface area (Å²) < 4.78 is 29.1. The maximum Gasteiger partial charge on any atom is 0.338 e. The van der Waals surface area contributed by atoms with Gasteiger partial charge in [0.15, 0.2) is 9.84 Å². The average Bonchev–Trinajstić information content (AvgIpc) is 2.34. The lowest BCUT2D eigenvalue weighted by molar-refractivity contribution is 0.0599. The molecule has 0 fully saturated rings. The first-order valence-electron chi connectivity index (χ1n) is 6.15. The first kappa shape index (κ1) is 14.1. The number of hydrogen-bond acceptors (Lipinski definition) is 4. The Kier molecular flexibility index (Phi) is 3.21. The third-order valence-corrected chi connectivity index (χ3v) is 5.54. The first-order chi connectivity index (χ1) is 8.69. The van der Waals surface area contributed by atoms with Crippen LogP contribution in [0, 0.1) is 6.92 Å². The zero-order valence-corrected chi connectivity index (χ0v) is 12.4. The van der Waals surface area contributed by atoms with Gasteiger partial charge in [-0.15, -0.1) is 0 Å². The van der Waals surface area contributed by atoms with Gasteiger partial charge in [-0.1, -0.05) is 19.9 Å². The van der Waals surface area contributed by atoms with E-state index >= 15 is 0 Å². The minimum Gasteiger partial charge on any atom is -0.465 e. The highest BCUT2D eigenvalue weighted by molar-refractivity contribution is 7.91. The second kappa shape index (κ2) is 4.34. The average molecular weight is 282 g/mol. The summed E-state index contributed by atoms with van der Waals surface area (Å²) in [5.41, 5.74) is 1.67. The Labute approximate surface area is 113 Å². The molecule has 1 aliphatic heterocycles. The Hall–Kier alpha value is -1.36. The molecule has 0 aliphatic carbocycles. The molecule has 0 aromatic heterocycles. The van der Waals surface area contributed by atoms with Crippen LogP contribution in [0.5, 0.6) is 0 Å². The van der Waals surface area contributed by atoms with Crippen LogP contribution in [0.1, 0.15) is 41.8 Å². The molecule has 0 radical (unpaired) electrons. The Morgan fingerprint density at radius 3 is 2.53 bits per heavy atom. The van der Waals surface area contributed by atoms with Crippen LogP contribution in [0.3, 0.4) is 0 Å². The fourth-order valence-electron chi connectivity index (χ4n) is 2.44. The Balaban J connectivity index is 2.76. The summed E-state index contributed by atoms with van der Waals surface area (Å²) in [4.78, 5) is 11.9. The third kappa shape index (κ3) is 2.27. The highest BCUT2D eigenvalue weighted by Gasteiger charge is 2.36. The number of ether oxygens (including phenoxy) is 1. The molecule has 1 heterocycles. The van der Waals surface area contributed by atoms with Crippen molar-refractivity contribution < 1.29 is 17.9 Å². The minimum absolute atomic E-state index is 0.122. The van der Waals surface area contributed by atoms with Crippen molar-refractivity contribution in [2.45, 2.75) is 37.5 Å². The number of hydrogen-bond donors (Lipinski definition) is 0. The van der Waals surface area contributed by atoms with Crippen molar-refractivity contribution in [2.24, 2.45) is 0 Å². The van der Waals surface area contributed by atoms with Crippen molar-refractivity contribution in [1.82, 2.24) is 0 Å². The van der Waals surface area contributed by atoms with E-state index < -0.39 is 15.8 Å². The van der Waals surface area contributed by atoms with E-state index in [9.17, 15) is 13.2 Å². The largest absolute Gasteiger partial charge is 0.465 e. The molecule has 0 bridgehead atoms. The van der Waals surface area contributed by atoms with E-state index in [1.54, 1.807) is 13.0 Å². The molecular formula is C14H18O4S. The van der Waals surface area contributed by atoms with Crippen LogP contribution in [-0.2, 0) is 20.0 Å². The molecule has 0 unspecified atom stereocenters. The van der Waals surface area contributed by atoms with Crippen LogP contribution in [0.2, 0.25) is 0 Å². The van der Waals surface area contributed by atoms with Crippen molar-refractivity contribution in [1.29, 1.82) is 0 Å². The van der Waals surface area contributed by atoms with Crippen LogP contribution >= 0.6 is 0 Å². The molecule has 1 aliphatic rings. The normalized spacial score (nSPS) is 19.6. The molecular weight excluding hydrogens is 264 g/mol. The van der Waals surface area contributed by atoms with Gasteiger partial charge in [-0.3, -0.25) is 0 Å². The molecule has 0 saturated heterocycles. The first-order valence-corrected chi connectivity index (χ1v) is 7.80. The van der Waals surface area contributed by atoms with Crippen molar-refractivity contribution >= 4 is 15.8 Å². The quantitative estimate of drug-likeness (QED) is 0.741. The van der Waals surface area contributed by atoms with E-state index in [1.165, 1.54) is 13.2 Å². The summed E-state index contributed by atoms with van der Waals surface area (Å²) in [7, 11) is -2.01. The Morgan fingerprint density at radius 1 is 1.32 bits per heavy atom. The molecule has 2 rings (SSSR count). The van der Waals surface area contributed by atoms with Gasteiger partial charge in [0.2, 0.25) is 0 Å². The van der Waals surface area contributed by atoms with Gasteiger partial charge in [-0.2, -0.15) is 0 Å². The third-order valence-electron chi connectivity index (χ3n) is 3.79. The topological polar surface area (TPSA) is 60.4 Å². The number of rotatable bonds is 1. The predicted octanol–water partition coefficient (Wildman–Crippen LogP) is 2.24. The summed E-state index contributed by atoms with van der Waals surface area (Å²) in [6.07, 6.45) is 0.597. The lowest BCUT2D eigenvalue weighted by Crippen LogP contribution is -2.31. The summed E-state index contributed by atoms with van der Waals surface area (Å²) >= 11 is 0. The molecule has 0 saturated carbocycles. The Bertz CT molecular complexity index is 642. The van der Waals surface area contributed by atoms with E-state index in [0.717, 1.165) is 11.1 Å². The number of fused-ring (bicyclic) bond motifs is 1. The molecule has 0 N–H and O–H groups in total. The van der Waals surface area contributed by atoms with Crippen molar-refractivity contribution in [3.05, 3.63) is 28.8 Å². The van der Waals surface area contributed by atoms with Crippen LogP contribution in [0.15, 0.2) is 17.0 Å². The van der Waals surface area contributed by atoms with Gasteiger partial charge in [0, 0.05) is 0 Å². The van der Waals surface area contributed by atoms with E-state index in [1.807, 2.05) is 13.8 Å². The maximum absolute atomic E-state index is 12.2. The Morgan fingerprint density at radius 2 is 1.95 bits per heavy atom. The van der Waals surface area contributed by atoms with Gasteiger partial charge < -0.3 is 4.74 Å². The van der Waals surface area contributed by atoms with E-state index in [-0.39, 0.29) is 16.1 Å². The van der Waals surface area contributed by atoms with Crippen molar-refractivity contribution in [2.75, 3.05) is 12.9 Å². The van der Waals surface area contributed by atoms with Crippen LogP contribution in [-0.4, -0.2) is 27.2 Å². The number of carbonyl (C=O) groups excluding carboxylic acids is 1. The van der Waals surface area contributed by atoms with Gasteiger partial charge in [0.1, 0.15) is 0 Å². The van der Waals surface area contributed by atoms with Gasteiger partial charge in [-0.05, 0) is 36.0 Å².